The van der Waals surface area contributed by atoms with Crippen LogP contribution < -0.4 is 11.1 Å². The molecule has 0 aromatic carbocycles. The first-order chi connectivity index (χ1) is 29.1. The molecule has 6 aliphatic heterocycles. The normalized spacial score (nSPS) is 36.6. The summed E-state index contributed by atoms with van der Waals surface area (Å²) >= 11 is 0. The van der Waals surface area contributed by atoms with E-state index >= 15 is 0 Å². The summed E-state index contributed by atoms with van der Waals surface area (Å²) in [5.41, 5.74) is 6.54. The van der Waals surface area contributed by atoms with Crippen LogP contribution in [-0.4, -0.2) is 169 Å². The molecule has 6 fully saturated rings. The summed E-state index contributed by atoms with van der Waals surface area (Å²) in [6.45, 7) is 12.3. The van der Waals surface area contributed by atoms with Crippen LogP contribution in [0, 0.1) is 5.92 Å². The molecule has 16 heteroatoms. The summed E-state index contributed by atoms with van der Waals surface area (Å²) in [6.07, 6.45) is 6.12. The van der Waals surface area contributed by atoms with Crippen molar-refractivity contribution < 1.29 is 66.8 Å². The molecule has 6 heterocycles. The number of nitrogens with two attached hydrogens (primary N) is 1. The van der Waals surface area contributed by atoms with Crippen LogP contribution in [0.15, 0.2) is 12.2 Å². The Morgan fingerprint density at radius 3 is 2.30 bits per heavy atom. The zero-order valence-corrected chi connectivity index (χ0v) is 36.3. The Morgan fingerprint density at radius 2 is 1.60 bits per heavy atom. The molecule has 6 aliphatic rings. The van der Waals surface area contributed by atoms with Crippen molar-refractivity contribution in [1.29, 1.82) is 0 Å². The van der Waals surface area contributed by atoms with Crippen molar-refractivity contribution in [1.82, 2.24) is 5.32 Å². The predicted octanol–water partition coefficient (Wildman–Crippen LogP) is 2.92. The van der Waals surface area contributed by atoms with E-state index in [1.165, 1.54) is 5.57 Å². The molecule has 6 saturated heterocycles. The SMILES string of the molecule is C=C1C[C@H](CC[C@]23CC[C@H](O2)C2C[C@@H](O3)[C@H]3O[C@@H](CC(=O)C[C@@H]4[C@@H](OC)[C@@H](C[C@H](O)CNC(=O)CCOCCOCCOCCOCCN)O[C@H]4C)CC[C@@H]3O2)O[C@H]1CC. The van der Waals surface area contributed by atoms with Gasteiger partial charge in [0, 0.05) is 71.1 Å². The van der Waals surface area contributed by atoms with E-state index in [1.54, 1.807) is 7.11 Å². The predicted molar refractivity (Wildman–Crippen MR) is 218 cm³/mol. The van der Waals surface area contributed by atoms with Crippen molar-refractivity contribution in [2.45, 2.75) is 176 Å². The lowest BCUT2D eigenvalue weighted by Gasteiger charge is -2.47. The second-order valence-electron chi connectivity index (χ2n) is 17.4. The molecular formula is C44H74N2O14. The highest BCUT2D eigenvalue weighted by atomic mass is 16.7. The molecule has 0 saturated carbocycles. The van der Waals surface area contributed by atoms with Gasteiger partial charge in [-0.25, -0.2) is 0 Å². The Morgan fingerprint density at radius 1 is 0.883 bits per heavy atom. The highest BCUT2D eigenvalue weighted by Gasteiger charge is 2.56. The first-order valence-electron chi connectivity index (χ1n) is 22.8. The smallest absolute Gasteiger partial charge is 0.222 e. The maximum atomic E-state index is 13.7. The molecule has 0 aromatic rings. The number of carbonyl (C=O) groups excluding carboxylic acids is 2. The quantitative estimate of drug-likeness (QED) is 0.0806. The van der Waals surface area contributed by atoms with Gasteiger partial charge in [0.2, 0.25) is 5.91 Å². The van der Waals surface area contributed by atoms with Crippen molar-refractivity contribution in [3.8, 4) is 0 Å². The molecule has 6 rings (SSSR count). The summed E-state index contributed by atoms with van der Waals surface area (Å²) in [7, 11) is 1.61. The van der Waals surface area contributed by atoms with Crippen molar-refractivity contribution in [3.63, 3.8) is 0 Å². The number of carbonyl (C=O) groups is 2. The summed E-state index contributed by atoms with van der Waals surface area (Å²) in [5, 5.41) is 13.6. The van der Waals surface area contributed by atoms with Crippen LogP contribution in [0.1, 0.15) is 97.3 Å². The number of hydrogen-bond acceptors (Lipinski definition) is 15. The fourth-order valence-electron chi connectivity index (χ4n) is 9.95. The largest absolute Gasteiger partial charge is 0.391 e. The Bertz CT molecular complexity index is 1340. The third-order valence-corrected chi connectivity index (χ3v) is 13.0. The van der Waals surface area contributed by atoms with E-state index in [2.05, 4.69) is 18.8 Å². The van der Waals surface area contributed by atoms with Gasteiger partial charge in [0.15, 0.2) is 5.79 Å². The maximum absolute atomic E-state index is 13.7. The molecule has 0 spiro atoms. The first kappa shape index (κ1) is 47.8. The third kappa shape index (κ3) is 13.4. The Kier molecular flexibility index (Phi) is 19.0. The van der Waals surface area contributed by atoms with E-state index < -0.39 is 18.0 Å². The Balaban J connectivity index is 0.870. The average molecular weight is 855 g/mol. The van der Waals surface area contributed by atoms with Crippen LogP contribution in [-0.2, 0) is 61.7 Å². The number of Topliss-reactive ketones (excluding diaryl/α,β-unsaturated/α-hetero) is 1. The van der Waals surface area contributed by atoms with Crippen LogP contribution in [0.25, 0.3) is 0 Å². The van der Waals surface area contributed by atoms with Crippen LogP contribution in [0.3, 0.4) is 0 Å². The fraction of sp³-hybridized carbons (Fsp3) is 0.909. The lowest BCUT2D eigenvalue weighted by molar-refractivity contribution is -0.276. The van der Waals surface area contributed by atoms with E-state index in [0.29, 0.717) is 59.2 Å². The molecule has 60 heavy (non-hydrogen) atoms. The Labute approximate surface area is 356 Å². The van der Waals surface area contributed by atoms with Gasteiger partial charge in [-0.05, 0) is 51.0 Å². The first-order valence-corrected chi connectivity index (χ1v) is 22.8. The van der Waals surface area contributed by atoms with Gasteiger partial charge in [0.1, 0.15) is 11.9 Å². The zero-order chi connectivity index (χ0) is 42.5. The van der Waals surface area contributed by atoms with Crippen LogP contribution in [0.4, 0.5) is 0 Å². The molecule has 1 unspecified atom stereocenters. The summed E-state index contributed by atoms with van der Waals surface area (Å²) in [5.74, 6) is -0.974. The number of nitrogens with one attached hydrogen (secondary N) is 1. The highest BCUT2D eigenvalue weighted by Crippen LogP contribution is 2.48. The summed E-state index contributed by atoms with van der Waals surface area (Å²) in [4.78, 5) is 26.0. The number of ether oxygens (including phenoxy) is 11. The van der Waals surface area contributed by atoms with Gasteiger partial charge >= 0.3 is 0 Å². The monoisotopic (exact) mass is 855 g/mol. The molecular weight excluding hydrogens is 780 g/mol. The zero-order valence-electron chi connectivity index (χ0n) is 36.3. The van der Waals surface area contributed by atoms with Crippen LogP contribution in [0.2, 0.25) is 0 Å². The molecule has 1 amide bonds. The van der Waals surface area contributed by atoms with Gasteiger partial charge in [0.25, 0.3) is 0 Å². The summed E-state index contributed by atoms with van der Waals surface area (Å²) in [6, 6.07) is 0. The van der Waals surface area contributed by atoms with Crippen molar-refractivity contribution in [3.05, 3.63) is 12.2 Å². The fourth-order valence-corrected chi connectivity index (χ4v) is 9.95. The number of rotatable bonds is 27. The molecule has 14 atom stereocenters. The number of ketones is 1. The maximum Gasteiger partial charge on any atom is 0.222 e. The minimum atomic E-state index is -0.849. The van der Waals surface area contributed by atoms with Crippen molar-refractivity contribution in [2.24, 2.45) is 11.7 Å². The molecule has 0 aliphatic carbocycles. The van der Waals surface area contributed by atoms with Gasteiger partial charge in [-0.15, -0.1) is 0 Å². The number of methoxy groups -OCH3 is 1. The van der Waals surface area contributed by atoms with E-state index in [9.17, 15) is 14.7 Å². The standard InChI is InChI=1S/C44H74N2O14/c1-5-35-28(2)22-33(56-35)8-11-44-12-9-36(59-44)38-26-40(60-44)43-37(58-38)7-6-32(57-43)23-30(47)24-34-29(3)55-39(42(34)50-4)25-31(48)27-46-41(49)10-14-51-16-18-53-20-21-54-19-17-52-15-13-45/h29,31-40,42-43,48H,2,5-27,45H2,1,3-4H3,(H,46,49)/t29-,31-,32+,33-,34-,35-,36-,37-,38?,39+,40+,42+,43-,44-/m0/s1. The molecule has 4 N–H and O–H groups in total. The van der Waals surface area contributed by atoms with Gasteiger partial charge in [-0.1, -0.05) is 13.5 Å². The summed E-state index contributed by atoms with van der Waals surface area (Å²) < 4.78 is 66.9. The van der Waals surface area contributed by atoms with Crippen LogP contribution in [0.5, 0.6) is 0 Å². The number of amides is 1. The lowest BCUT2D eigenvalue weighted by Crippen LogP contribution is -2.56. The van der Waals surface area contributed by atoms with Gasteiger partial charge < -0.3 is 68.3 Å². The number of aliphatic hydroxyl groups is 1. The number of hydrogen-bond donors (Lipinski definition) is 3. The van der Waals surface area contributed by atoms with E-state index in [-0.39, 0.29) is 111 Å². The van der Waals surface area contributed by atoms with Crippen molar-refractivity contribution in [2.75, 3.05) is 73.1 Å². The second kappa shape index (κ2) is 23.9. The third-order valence-electron chi connectivity index (χ3n) is 13.0. The average Bonchev–Trinajstić information content (AvgIpc) is 3.89. The molecule has 0 radical (unpaired) electrons. The number of aliphatic hydroxyl groups excluding tert-OH is 1. The van der Waals surface area contributed by atoms with Gasteiger partial charge in [0.05, 0.1) is 120 Å². The van der Waals surface area contributed by atoms with Crippen LogP contribution >= 0.6 is 0 Å². The number of fused-ring (bicyclic) bond motifs is 7. The second-order valence-corrected chi connectivity index (χ2v) is 17.4. The highest BCUT2D eigenvalue weighted by molar-refractivity contribution is 5.79. The lowest BCUT2D eigenvalue weighted by atomic mass is 9.85. The van der Waals surface area contributed by atoms with E-state index in [1.807, 2.05) is 6.92 Å². The molecule has 16 nitrogen and oxygen atoms in total. The Hall–Kier alpha value is -1.64. The minimum Gasteiger partial charge on any atom is -0.391 e. The molecule has 4 bridgehead atoms. The minimum absolute atomic E-state index is 0.0153. The van der Waals surface area contributed by atoms with E-state index in [0.717, 1.165) is 57.8 Å². The van der Waals surface area contributed by atoms with E-state index in [4.69, 9.17) is 57.8 Å². The van der Waals surface area contributed by atoms with Gasteiger partial charge in [-0.2, -0.15) is 0 Å². The molecule has 0 aromatic heterocycles. The van der Waals surface area contributed by atoms with Gasteiger partial charge in [-0.3, -0.25) is 9.59 Å². The van der Waals surface area contributed by atoms with Crippen molar-refractivity contribution >= 4 is 11.7 Å². The molecule has 344 valence electrons. The topological polar surface area (TPSA) is 194 Å².